The number of benzene rings is 2. The summed E-state index contributed by atoms with van der Waals surface area (Å²) in [6, 6.07) is 15.6. The van der Waals surface area contributed by atoms with Crippen molar-refractivity contribution in [2.75, 3.05) is 7.05 Å². The Hall–Kier alpha value is -1.91. The third-order valence-electron chi connectivity index (χ3n) is 4.25. The van der Waals surface area contributed by atoms with Gasteiger partial charge in [-0.05, 0) is 35.7 Å². The number of hydrogen-bond acceptors (Lipinski definition) is 3. The SMILES string of the molecule is CC(C)[C@H](C(=O)N(C)Cc1nc2ccccc2s1)c1ccc(Cl)cc1. The molecular weight excluding hydrogens is 352 g/mol. The normalized spacial score (nSPS) is 12.5. The average Bonchev–Trinajstić information content (AvgIpc) is 2.98. The maximum absolute atomic E-state index is 13.1. The van der Waals surface area contributed by atoms with Gasteiger partial charge in [0.05, 0.1) is 22.7 Å². The number of aromatic nitrogens is 1. The molecule has 1 atom stereocenters. The third-order valence-corrected chi connectivity index (χ3v) is 5.52. The second kappa shape index (κ2) is 7.54. The Morgan fingerprint density at radius 1 is 1.16 bits per heavy atom. The largest absolute Gasteiger partial charge is 0.338 e. The van der Waals surface area contributed by atoms with Gasteiger partial charge in [-0.15, -0.1) is 11.3 Å². The van der Waals surface area contributed by atoms with Crippen molar-refractivity contribution in [2.24, 2.45) is 5.92 Å². The van der Waals surface area contributed by atoms with Crippen LogP contribution in [0.25, 0.3) is 10.2 Å². The fraction of sp³-hybridized carbons (Fsp3) is 0.300. The average molecular weight is 373 g/mol. The summed E-state index contributed by atoms with van der Waals surface area (Å²) in [5.41, 5.74) is 1.99. The standard InChI is InChI=1S/C20H21ClN2OS/c1-13(2)19(14-8-10-15(21)11-9-14)20(24)23(3)12-18-22-16-6-4-5-7-17(16)25-18/h4-11,13,19H,12H2,1-3H3/t19-/m0/s1. The van der Waals surface area contributed by atoms with E-state index in [0.29, 0.717) is 11.6 Å². The molecule has 1 amide bonds. The molecule has 0 spiro atoms. The van der Waals surface area contributed by atoms with Gasteiger partial charge in [0.15, 0.2) is 0 Å². The summed E-state index contributed by atoms with van der Waals surface area (Å²) in [4.78, 5) is 19.5. The molecule has 0 unspecified atom stereocenters. The Morgan fingerprint density at radius 3 is 2.48 bits per heavy atom. The lowest BCUT2D eigenvalue weighted by atomic mass is 9.87. The zero-order chi connectivity index (χ0) is 18.0. The van der Waals surface area contributed by atoms with E-state index in [2.05, 4.69) is 24.9 Å². The Bertz CT molecular complexity index is 840. The molecular formula is C20H21ClN2OS. The Labute approximate surface area is 157 Å². The van der Waals surface area contributed by atoms with Gasteiger partial charge in [-0.1, -0.05) is 49.7 Å². The van der Waals surface area contributed by atoms with Gasteiger partial charge in [0.25, 0.3) is 0 Å². The number of fused-ring (bicyclic) bond motifs is 1. The molecule has 0 aliphatic carbocycles. The number of rotatable bonds is 5. The minimum atomic E-state index is -0.184. The van der Waals surface area contributed by atoms with Crippen molar-refractivity contribution in [3.8, 4) is 0 Å². The highest BCUT2D eigenvalue weighted by Gasteiger charge is 2.27. The quantitative estimate of drug-likeness (QED) is 0.605. The third kappa shape index (κ3) is 4.02. The first kappa shape index (κ1) is 17.9. The maximum Gasteiger partial charge on any atom is 0.230 e. The highest BCUT2D eigenvalue weighted by Crippen LogP contribution is 2.29. The van der Waals surface area contributed by atoms with Crippen LogP contribution in [0.15, 0.2) is 48.5 Å². The van der Waals surface area contributed by atoms with Gasteiger partial charge in [-0.25, -0.2) is 4.98 Å². The Balaban J connectivity index is 1.80. The molecule has 0 fully saturated rings. The number of likely N-dealkylation sites (N-methyl/N-ethyl adjacent to an activating group) is 1. The lowest BCUT2D eigenvalue weighted by molar-refractivity contribution is -0.133. The number of carbonyl (C=O) groups is 1. The number of para-hydroxylation sites is 1. The van der Waals surface area contributed by atoms with E-state index in [4.69, 9.17) is 11.6 Å². The molecule has 3 aromatic rings. The van der Waals surface area contributed by atoms with Crippen molar-refractivity contribution in [2.45, 2.75) is 26.3 Å². The van der Waals surface area contributed by atoms with Gasteiger partial charge in [0.2, 0.25) is 5.91 Å². The van der Waals surface area contributed by atoms with Gasteiger partial charge >= 0.3 is 0 Å². The highest BCUT2D eigenvalue weighted by atomic mass is 35.5. The topological polar surface area (TPSA) is 33.2 Å². The molecule has 0 saturated heterocycles. The van der Waals surface area contributed by atoms with Crippen LogP contribution in [0.5, 0.6) is 0 Å². The molecule has 130 valence electrons. The number of carbonyl (C=O) groups excluding carboxylic acids is 1. The zero-order valence-corrected chi connectivity index (χ0v) is 16.1. The molecule has 0 radical (unpaired) electrons. The summed E-state index contributed by atoms with van der Waals surface area (Å²) >= 11 is 7.62. The Kier molecular flexibility index (Phi) is 5.40. The second-order valence-corrected chi connectivity index (χ2v) is 8.09. The van der Waals surface area contributed by atoms with Crippen molar-refractivity contribution in [1.29, 1.82) is 0 Å². The summed E-state index contributed by atoms with van der Waals surface area (Å²) in [6.45, 7) is 4.67. The summed E-state index contributed by atoms with van der Waals surface area (Å²) in [7, 11) is 1.85. The minimum absolute atomic E-state index is 0.108. The van der Waals surface area contributed by atoms with Crippen molar-refractivity contribution in [3.05, 3.63) is 64.1 Å². The van der Waals surface area contributed by atoms with Crippen molar-refractivity contribution in [1.82, 2.24) is 9.88 Å². The van der Waals surface area contributed by atoms with Gasteiger partial charge in [0.1, 0.15) is 5.01 Å². The fourth-order valence-electron chi connectivity index (χ4n) is 2.99. The van der Waals surface area contributed by atoms with Crippen LogP contribution in [0, 0.1) is 5.92 Å². The van der Waals surface area contributed by atoms with Crippen LogP contribution < -0.4 is 0 Å². The molecule has 3 rings (SSSR count). The first-order valence-corrected chi connectivity index (χ1v) is 9.50. The molecule has 1 aromatic heterocycles. The van der Waals surface area contributed by atoms with Gasteiger partial charge in [-0.2, -0.15) is 0 Å². The molecule has 0 bridgehead atoms. The minimum Gasteiger partial charge on any atom is -0.338 e. The molecule has 1 heterocycles. The van der Waals surface area contributed by atoms with Crippen LogP contribution in [0.2, 0.25) is 5.02 Å². The maximum atomic E-state index is 13.1. The summed E-state index contributed by atoms with van der Waals surface area (Å²) in [6.07, 6.45) is 0. The number of amides is 1. The van der Waals surface area contributed by atoms with E-state index >= 15 is 0 Å². The molecule has 25 heavy (non-hydrogen) atoms. The highest BCUT2D eigenvalue weighted by molar-refractivity contribution is 7.18. The molecule has 0 aliphatic heterocycles. The van der Waals surface area contributed by atoms with Gasteiger partial charge in [0, 0.05) is 12.1 Å². The predicted octanol–water partition coefficient (Wildman–Crippen LogP) is 5.35. The van der Waals surface area contributed by atoms with E-state index in [1.807, 2.05) is 49.5 Å². The molecule has 0 saturated carbocycles. The van der Waals surface area contributed by atoms with Gasteiger partial charge < -0.3 is 4.90 Å². The van der Waals surface area contributed by atoms with Crippen LogP contribution in [0.3, 0.4) is 0 Å². The molecule has 5 heteroatoms. The van der Waals surface area contributed by atoms with Crippen LogP contribution in [0.1, 0.15) is 30.3 Å². The number of thiazole rings is 1. The molecule has 2 aromatic carbocycles. The van der Waals surface area contributed by atoms with Crippen molar-refractivity contribution >= 4 is 39.1 Å². The van der Waals surface area contributed by atoms with E-state index in [9.17, 15) is 4.79 Å². The fourth-order valence-corrected chi connectivity index (χ4v) is 4.14. The smallest absolute Gasteiger partial charge is 0.230 e. The molecule has 3 nitrogen and oxygen atoms in total. The van der Waals surface area contributed by atoms with Crippen LogP contribution in [-0.4, -0.2) is 22.8 Å². The van der Waals surface area contributed by atoms with E-state index in [0.717, 1.165) is 20.8 Å². The van der Waals surface area contributed by atoms with E-state index < -0.39 is 0 Å². The van der Waals surface area contributed by atoms with Crippen LogP contribution in [0.4, 0.5) is 0 Å². The first-order valence-electron chi connectivity index (χ1n) is 8.30. The molecule has 0 aliphatic rings. The van der Waals surface area contributed by atoms with Crippen LogP contribution in [-0.2, 0) is 11.3 Å². The lowest BCUT2D eigenvalue weighted by Crippen LogP contribution is -2.33. The lowest BCUT2D eigenvalue weighted by Gasteiger charge is -2.26. The first-order chi connectivity index (χ1) is 12.0. The Morgan fingerprint density at radius 2 is 1.84 bits per heavy atom. The van der Waals surface area contributed by atoms with E-state index in [-0.39, 0.29) is 17.7 Å². The number of nitrogens with zero attached hydrogens (tertiary/aromatic N) is 2. The summed E-state index contributed by atoms with van der Waals surface area (Å²) < 4.78 is 1.15. The van der Waals surface area contributed by atoms with Crippen LogP contribution >= 0.6 is 22.9 Å². The van der Waals surface area contributed by atoms with Crippen molar-refractivity contribution < 1.29 is 4.79 Å². The van der Waals surface area contributed by atoms with E-state index in [1.165, 1.54) is 0 Å². The second-order valence-electron chi connectivity index (χ2n) is 6.54. The molecule has 0 N–H and O–H groups in total. The zero-order valence-electron chi connectivity index (χ0n) is 14.6. The summed E-state index contributed by atoms with van der Waals surface area (Å²) in [5.74, 6) is 0.125. The number of hydrogen-bond donors (Lipinski definition) is 0. The summed E-state index contributed by atoms with van der Waals surface area (Å²) in [5, 5.41) is 1.64. The van der Waals surface area contributed by atoms with Crippen molar-refractivity contribution in [3.63, 3.8) is 0 Å². The number of halogens is 1. The monoisotopic (exact) mass is 372 g/mol. The van der Waals surface area contributed by atoms with E-state index in [1.54, 1.807) is 16.2 Å². The van der Waals surface area contributed by atoms with Gasteiger partial charge in [-0.3, -0.25) is 4.79 Å². The predicted molar refractivity (Wildman–Crippen MR) is 105 cm³/mol.